The zero-order valence-corrected chi connectivity index (χ0v) is 15.9. The number of unbranched alkanes of at least 4 members (excludes halogenated alkanes) is 3. The van der Waals surface area contributed by atoms with E-state index >= 15 is 0 Å². The average Bonchev–Trinajstić information content (AvgIpc) is 3.15. The third-order valence-electron chi connectivity index (χ3n) is 4.59. The summed E-state index contributed by atoms with van der Waals surface area (Å²) in [6.45, 7) is 2.84. The maximum Gasteiger partial charge on any atom is 0.307 e. The lowest BCUT2D eigenvalue weighted by molar-refractivity contribution is -0.136. The standard InChI is InChI=1S/C23H24O5/c1-2-3-4-5-11-27-19-8-6-17(7-9-19)22(26)20-14-16(15-21(24)25)13-18-10-12-28-23(18)20/h6-10,12-14H,2-5,11,15H2,1H3,(H,24,25). The minimum absolute atomic E-state index is 0.147. The van der Waals surface area contributed by atoms with Crippen molar-refractivity contribution in [1.29, 1.82) is 0 Å². The predicted molar refractivity (Wildman–Crippen MR) is 107 cm³/mol. The van der Waals surface area contributed by atoms with Crippen LogP contribution in [0.4, 0.5) is 0 Å². The van der Waals surface area contributed by atoms with Crippen LogP contribution in [0.3, 0.4) is 0 Å². The van der Waals surface area contributed by atoms with Gasteiger partial charge in [0.1, 0.15) is 11.3 Å². The van der Waals surface area contributed by atoms with Gasteiger partial charge >= 0.3 is 5.97 Å². The third-order valence-corrected chi connectivity index (χ3v) is 4.59. The number of carboxylic acid groups (broad SMARTS) is 1. The van der Waals surface area contributed by atoms with Gasteiger partial charge in [0.2, 0.25) is 0 Å². The quantitative estimate of drug-likeness (QED) is 0.384. The molecular formula is C23H24O5. The number of carbonyl (C=O) groups is 2. The monoisotopic (exact) mass is 380 g/mol. The molecule has 0 amide bonds. The molecule has 0 radical (unpaired) electrons. The van der Waals surface area contributed by atoms with E-state index in [4.69, 9.17) is 14.3 Å². The van der Waals surface area contributed by atoms with E-state index in [1.807, 2.05) is 0 Å². The molecule has 0 saturated heterocycles. The summed E-state index contributed by atoms with van der Waals surface area (Å²) in [6.07, 6.45) is 5.92. The molecule has 0 spiro atoms. The smallest absolute Gasteiger partial charge is 0.307 e. The van der Waals surface area contributed by atoms with Crippen LogP contribution >= 0.6 is 0 Å². The van der Waals surface area contributed by atoms with Crippen molar-refractivity contribution < 1.29 is 23.8 Å². The van der Waals surface area contributed by atoms with Crippen LogP contribution in [0, 0.1) is 0 Å². The first-order valence-electron chi connectivity index (χ1n) is 9.58. The molecule has 0 aliphatic heterocycles. The summed E-state index contributed by atoms with van der Waals surface area (Å²) in [5.74, 6) is -0.417. The summed E-state index contributed by atoms with van der Waals surface area (Å²) in [7, 11) is 0. The second kappa shape index (κ2) is 9.22. The number of furan rings is 1. The van der Waals surface area contributed by atoms with Gasteiger partial charge in [0.25, 0.3) is 0 Å². The Bertz CT molecular complexity index is 953. The van der Waals surface area contributed by atoms with E-state index in [9.17, 15) is 9.59 Å². The van der Waals surface area contributed by atoms with Gasteiger partial charge < -0.3 is 14.3 Å². The Morgan fingerprint density at radius 1 is 1.04 bits per heavy atom. The molecule has 3 aromatic rings. The van der Waals surface area contributed by atoms with Crippen LogP contribution in [0.25, 0.3) is 11.0 Å². The van der Waals surface area contributed by atoms with Crippen molar-refractivity contribution in [3.63, 3.8) is 0 Å². The van der Waals surface area contributed by atoms with E-state index in [0.29, 0.717) is 34.3 Å². The van der Waals surface area contributed by atoms with E-state index in [1.54, 1.807) is 42.5 Å². The summed E-state index contributed by atoms with van der Waals surface area (Å²) >= 11 is 0. The lowest BCUT2D eigenvalue weighted by atomic mass is 9.98. The van der Waals surface area contributed by atoms with Gasteiger partial charge in [-0.2, -0.15) is 0 Å². The Morgan fingerprint density at radius 3 is 2.54 bits per heavy atom. The van der Waals surface area contributed by atoms with Crippen LogP contribution < -0.4 is 4.74 Å². The Labute approximate surface area is 163 Å². The number of hydrogen-bond acceptors (Lipinski definition) is 4. The number of carbonyl (C=O) groups excluding carboxylic acids is 1. The van der Waals surface area contributed by atoms with Crippen molar-refractivity contribution in [3.8, 4) is 5.75 Å². The van der Waals surface area contributed by atoms with Crippen molar-refractivity contribution in [1.82, 2.24) is 0 Å². The fourth-order valence-electron chi connectivity index (χ4n) is 3.17. The molecule has 2 aromatic carbocycles. The minimum atomic E-state index is -0.943. The van der Waals surface area contributed by atoms with E-state index in [-0.39, 0.29) is 12.2 Å². The lowest BCUT2D eigenvalue weighted by Crippen LogP contribution is -2.05. The molecule has 3 rings (SSSR count). The Morgan fingerprint density at radius 2 is 1.82 bits per heavy atom. The van der Waals surface area contributed by atoms with Crippen molar-refractivity contribution in [2.75, 3.05) is 6.61 Å². The predicted octanol–water partition coefficient (Wildman–Crippen LogP) is 5.25. The van der Waals surface area contributed by atoms with Gasteiger partial charge in [-0.05, 0) is 54.4 Å². The third kappa shape index (κ3) is 4.80. The van der Waals surface area contributed by atoms with Gasteiger partial charge in [0.15, 0.2) is 5.78 Å². The molecule has 0 fully saturated rings. The highest BCUT2D eigenvalue weighted by atomic mass is 16.5. The molecule has 5 nitrogen and oxygen atoms in total. The van der Waals surface area contributed by atoms with E-state index in [1.165, 1.54) is 19.1 Å². The first kappa shape index (κ1) is 19.7. The van der Waals surface area contributed by atoms with Gasteiger partial charge in [-0.1, -0.05) is 26.2 Å². The van der Waals surface area contributed by atoms with Crippen LogP contribution in [0.2, 0.25) is 0 Å². The first-order valence-corrected chi connectivity index (χ1v) is 9.58. The second-order valence-corrected chi connectivity index (χ2v) is 6.82. The lowest BCUT2D eigenvalue weighted by Gasteiger charge is -2.08. The minimum Gasteiger partial charge on any atom is -0.494 e. The zero-order valence-electron chi connectivity index (χ0n) is 15.9. The highest BCUT2D eigenvalue weighted by molar-refractivity contribution is 6.15. The van der Waals surface area contributed by atoms with Crippen LogP contribution in [-0.4, -0.2) is 23.5 Å². The summed E-state index contributed by atoms with van der Waals surface area (Å²) in [6, 6.07) is 12.1. The van der Waals surface area contributed by atoms with E-state index in [0.717, 1.165) is 18.6 Å². The molecule has 0 bridgehead atoms. The van der Waals surface area contributed by atoms with Gasteiger partial charge in [-0.3, -0.25) is 9.59 Å². The maximum absolute atomic E-state index is 13.0. The number of rotatable bonds is 10. The zero-order chi connectivity index (χ0) is 19.9. The highest BCUT2D eigenvalue weighted by Crippen LogP contribution is 2.26. The maximum atomic E-state index is 13.0. The average molecular weight is 380 g/mol. The first-order chi connectivity index (χ1) is 13.6. The number of carboxylic acids is 1. The molecule has 1 heterocycles. The van der Waals surface area contributed by atoms with Crippen LogP contribution in [0.1, 0.15) is 54.1 Å². The summed E-state index contributed by atoms with van der Waals surface area (Å²) in [4.78, 5) is 24.0. The van der Waals surface area contributed by atoms with E-state index in [2.05, 4.69) is 6.92 Å². The topological polar surface area (TPSA) is 76.7 Å². The normalized spacial score (nSPS) is 10.9. The molecule has 28 heavy (non-hydrogen) atoms. The number of benzene rings is 2. The Balaban J connectivity index is 1.76. The summed E-state index contributed by atoms with van der Waals surface area (Å²) < 4.78 is 11.2. The molecule has 0 atom stereocenters. The number of fused-ring (bicyclic) bond motifs is 1. The molecule has 1 N–H and O–H groups in total. The van der Waals surface area contributed by atoms with Crippen molar-refractivity contribution in [3.05, 3.63) is 65.4 Å². The van der Waals surface area contributed by atoms with E-state index < -0.39 is 5.97 Å². The Hall–Kier alpha value is -3.08. The molecule has 0 aliphatic carbocycles. The van der Waals surface area contributed by atoms with Crippen LogP contribution in [-0.2, 0) is 11.2 Å². The fourth-order valence-corrected chi connectivity index (χ4v) is 3.17. The van der Waals surface area contributed by atoms with Crippen LogP contribution in [0.5, 0.6) is 5.75 Å². The molecule has 0 saturated carbocycles. The molecule has 146 valence electrons. The van der Waals surface area contributed by atoms with Gasteiger partial charge in [0, 0.05) is 10.9 Å². The van der Waals surface area contributed by atoms with Gasteiger partial charge in [0.05, 0.1) is 24.9 Å². The van der Waals surface area contributed by atoms with Gasteiger partial charge in [-0.15, -0.1) is 0 Å². The number of ketones is 1. The number of ether oxygens (including phenoxy) is 1. The van der Waals surface area contributed by atoms with Crippen molar-refractivity contribution in [2.45, 2.75) is 39.0 Å². The summed E-state index contributed by atoms with van der Waals surface area (Å²) in [5.41, 5.74) is 1.91. The molecule has 0 unspecified atom stereocenters. The largest absolute Gasteiger partial charge is 0.494 e. The fraction of sp³-hybridized carbons (Fsp3) is 0.304. The van der Waals surface area contributed by atoms with Crippen molar-refractivity contribution in [2.24, 2.45) is 0 Å². The second-order valence-electron chi connectivity index (χ2n) is 6.82. The molecular weight excluding hydrogens is 356 g/mol. The Kier molecular flexibility index (Phi) is 6.48. The number of aliphatic carboxylic acids is 1. The molecule has 1 aromatic heterocycles. The number of hydrogen-bond donors (Lipinski definition) is 1. The molecule has 5 heteroatoms. The summed E-state index contributed by atoms with van der Waals surface area (Å²) in [5, 5.41) is 9.78. The SMILES string of the molecule is CCCCCCOc1ccc(C(=O)c2cc(CC(=O)O)cc3ccoc23)cc1. The van der Waals surface area contributed by atoms with Crippen molar-refractivity contribution >= 4 is 22.7 Å². The van der Waals surface area contributed by atoms with Crippen LogP contribution in [0.15, 0.2) is 53.1 Å². The van der Waals surface area contributed by atoms with Gasteiger partial charge in [-0.25, -0.2) is 0 Å². The molecule has 0 aliphatic rings. The highest BCUT2D eigenvalue weighted by Gasteiger charge is 2.17.